The Bertz CT molecular complexity index is 765. The summed E-state index contributed by atoms with van der Waals surface area (Å²) in [6.45, 7) is 0. The molecule has 0 saturated heterocycles. The van der Waals surface area contributed by atoms with Gasteiger partial charge in [-0.2, -0.15) is 0 Å². The van der Waals surface area contributed by atoms with E-state index in [-0.39, 0.29) is 17.0 Å². The molecule has 21 heavy (non-hydrogen) atoms. The van der Waals surface area contributed by atoms with Crippen LogP contribution in [0.3, 0.4) is 0 Å². The first-order chi connectivity index (χ1) is 10.0. The highest BCUT2D eigenvalue weighted by Gasteiger charge is 2.08. The molecule has 1 amide bonds. The summed E-state index contributed by atoms with van der Waals surface area (Å²) in [5, 5.41) is 14.2. The Labute approximate surface area is 120 Å². The number of amidine groups is 1. The Morgan fingerprint density at radius 3 is 2.71 bits per heavy atom. The summed E-state index contributed by atoms with van der Waals surface area (Å²) in [4.78, 5) is 23.6. The smallest absolute Gasteiger partial charge is 0.255 e. The molecule has 2 rings (SSSR count). The van der Waals surface area contributed by atoms with E-state index in [1.54, 1.807) is 37.4 Å². The third-order valence-electron chi connectivity index (χ3n) is 2.89. The molecule has 0 radical (unpaired) electrons. The van der Waals surface area contributed by atoms with Gasteiger partial charge in [0.2, 0.25) is 0 Å². The van der Waals surface area contributed by atoms with E-state index in [9.17, 15) is 9.59 Å². The molecule has 0 spiro atoms. The van der Waals surface area contributed by atoms with Crippen LogP contribution >= 0.6 is 0 Å². The number of amides is 1. The first-order valence-corrected chi connectivity index (χ1v) is 6.07. The third-order valence-corrected chi connectivity index (χ3v) is 2.89. The minimum absolute atomic E-state index is 0.0559. The van der Waals surface area contributed by atoms with E-state index >= 15 is 0 Å². The van der Waals surface area contributed by atoms with Crippen LogP contribution in [0.1, 0.15) is 15.9 Å². The van der Waals surface area contributed by atoms with Crippen molar-refractivity contribution in [2.45, 2.75) is 0 Å². The van der Waals surface area contributed by atoms with Crippen LogP contribution in [0.15, 0.2) is 52.5 Å². The number of oxime groups is 1. The predicted octanol–water partition coefficient (Wildman–Crippen LogP) is 0.732. The van der Waals surface area contributed by atoms with E-state index in [4.69, 9.17) is 10.9 Å². The Morgan fingerprint density at radius 2 is 2.05 bits per heavy atom. The SMILES string of the molecule is Cn1ccc(C(=O)Nc2cccc(/C(N)=N/O)c2)cc1=O. The lowest BCUT2D eigenvalue weighted by atomic mass is 10.1. The van der Waals surface area contributed by atoms with Crippen LogP contribution in [0.2, 0.25) is 0 Å². The van der Waals surface area contributed by atoms with Gasteiger partial charge >= 0.3 is 0 Å². The molecule has 0 atom stereocenters. The van der Waals surface area contributed by atoms with E-state index in [2.05, 4.69) is 10.5 Å². The summed E-state index contributed by atoms with van der Waals surface area (Å²) in [5.74, 6) is -0.468. The van der Waals surface area contributed by atoms with Crippen molar-refractivity contribution >= 4 is 17.4 Å². The lowest BCUT2D eigenvalue weighted by Gasteiger charge is -2.07. The molecule has 4 N–H and O–H groups in total. The molecule has 108 valence electrons. The van der Waals surface area contributed by atoms with Crippen molar-refractivity contribution in [3.05, 3.63) is 64.1 Å². The molecule has 0 fully saturated rings. The lowest BCUT2D eigenvalue weighted by Crippen LogP contribution is -2.20. The van der Waals surface area contributed by atoms with Crippen LogP contribution in [0.25, 0.3) is 0 Å². The highest BCUT2D eigenvalue weighted by molar-refractivity contribution is 6.05. The summed E-state index contributed by atoms with van der Waals surface area (Å²) < 4.78 is 1.37. The van der Waals surface area contributed by atoms with Gasteiger partial charge in [0.05, 0.1) is 0 Å². The normalized spacial score (nSPS) is 11.2. The highest BCUT2D eigenvalue weighted by atomic mass is 16.4. The quantitative estimate of drug-likeness (QED) is 0.334. The number of nitrogens with two attached hydrogens (primary N) is 1. The fourth-order valence-electron chi connectivity index (χ4n) is 1.71. The zero-order valence-electron chi connectivity index (χ0n) is 11.3. The molecule has 0 aliphatic heterocycles. The van der Waals surface area contributed by atoms with E-state index in [0.717, 1.165) is 0 Å². The Morgan fingerprint density at radius 1 is 1.29 bits per heavy atom. The van der Waals surface area contributed by atoms with Crippen molar-refractivity contribution in [2.24, 2.45) is 17.9 Å². The Balaban J connectivity index is 2.23. The highest BCUT2D eigenvalue weighted by Crippen LogP contribution is 2.11. The van der Waals surface area contributed by atoms with E-state index in [1.807, 2.05) is 0 Å². The van der Waals surface area contributed by atoms with Crippen LogP contribution in [0.5, 0.6) is 0 Å². The molecule has 0 aliphatic rings. The van der Waals surface area contributed by atoms with Crippen LogP contribution < -0.4 is 16.6 Å². The monoisotopic (exact) mass is 286 g/mol. The first kappa shape index (κ1) is 14.3. The molecule has 0 unspecified atom stereocenters. The van der Waals surface area contributed by atoms with Gasteiger partial charge in [-0.25, -0.2) is 0 Å². The van der Waals surface area contributed by atoms with Gasteiger partial charge in [-0.05, 0) is 18.2 Å². The van der Waals surface area contributed by atoms with Crippen LogP contribution in [-0.4, -0.2) is 21.5 Å². The van der Waals surface area contributed by atoms with Crippen molar-refractivity contribution in [1.82, 2.24) is 4.57 Å². The molecule has 1 aromatic carbocycles. The largest absolute Gasteiger partial charge is 0.409 e. The number of anilines is 1. The molecule has 2 aromatic rings. The van der Waals surface area contributed by atoms with Crippen LogP contribution in [0.4, 0.5) is 5.69 Å². The standard InChI is InChI=1S/C14H14N4O3/c1-18-6-5-10(8-12(18)19)14(20)16-11-4-2-3-9(7-11)13(15)17-21/h2-8,21H,1H3,(H2,15,17)(H,16,20). The predicted molar refractivity (Wildman–Crippen MR) is 78.6 cm³/mol. The average molecular weight is 286 g/mol. The van der Waals surface area contributed by atoms with Gasteiger partial charge in [0.25, 0.3) is 11.5 Å². The zero-order valence-corrected chi connectivity index (χ0v) is 11.3. The summed E-state index contributed by atoms with van der Waals surface area (Å²) in [6, 6.07) is 9.32. The zero-order chi connectivity index (χ0) is 15.4. The second-order valence-corrected chi connectivity index (χ2v) is 4.38. The second kappa shape index (κ2) is 5.91. The summed E-state index contributed by atoms with van der Waals surface area (Å²) >= 11 is 0. The van der Waals surface area contributed by atoms with Gasteiger partial charge in [0, 0.05) is 36.1 Å². The van der Waals surface area contributed by atoms with Gasteiger partial charge in [-0.1, -0.05) is 17.3 Å². The maximum atomic E-state index is 12.1. The maximum Gasteiger partial charge on any atom is 0.255 e. The average Bonchev–Trinajstić information content (AvgIpc) is 2.49. The molecule has 7 heteroatoms. The molecule has 0 saturated carbocycles. The van der Waals surface area contributed by atoms with E-state index in [1.165, 1.54) is 16.8 Å². The fraction of sp³-hybridized carbons (Fsp3) is 0.0714. The maximum absolute atomic E-state index is 12.1. The third kappa shape index (κ3) is 3.27. The number of nitrogens with one attached hydrogen (secondary N) is 1. The second-order valence-electron chi connectivity index (χ2n) is 4.38. The summed E-state index contributed by atoms with van der Waals surface area (Å²) in [7, 11) is 1.60. The van der Waals surface area contributed by atoms with Crippen molar-refractivity contribution < 1.29 is 10.0 Å². The lowest BCUT2D eigenvalue weighted by molar-refractivity contribution is 0.102. The van der Waals surface area contributed by atoms with Gasteiger partial charge in [-0.15, -0.1) is 0 Å². The molecular formula is C14H14N4O3. The number of rotatable bonds is 3. The topological polar surface area (TPSA) is 110 Å². The number of hydrogen-bond donors (Lipinski definition) is 3. The molecule has 7 nitrogen and oxygen atoms in total. The number of carbonyl (C=O) groups excluding carboxylic acids is 1. The van der Waals surface area contributed by atoms with Crippen molar-refractivity contribution in [1.29, 1.82) is 0 Å². The molecule has 0 bridgehead atoms. The van der Waals surface area contributed by atoms with Gasteiger partial charge in [0.1, 0.15) is 0 Å². The first-order valence-electron chi connectivity index (χ1n) is 6.07. The van der Waals surface area contributed by atoms with Crippen LogP contribution in [-0.2, 0) is 7.05 Å². The number of pyridine rings is 1. The molecular weight excluding hydrogens is 272 g/mol. The minimum Gasteiger partial charge on any atom is -0.409 e. The Hall–Kier alpha value is -3.09. The van der Waals surface area contributed by atoms with Gasteiger partial charge < -0.3 is 20.8 Å². The van der Waals surface area contributed by atoms with Crippen molar-refractivity contribution in [3.8, 4) is 0 Å². The van der Waals surface area contributed by atoms with Crippen LogP contribution in [0, 0.1) is 0 Å². The number of carbonyl (C=O) groups is 1. The summed E-state index contributed by atoms with van der Waals surface area (Å²) in [6.07, 6.45) is 1.52. The van der Waals surface area contributed by atoms with E-state index in [0.29, 0.717) is 11.3 Å². The minimum atomic E-state index is -0.413. The number of hydrogen-bond acceptors (Lipinski definition) is 4. The van der Waals surface area contributed by atoms with Gasteiger partial charge in [0.15, 0.2) is 5.84 Å². The van der Waals surface area contributed by atoms with Crippen molar-refractivity contribution in [2.75, 3.05) is 5.32 Å². The Kier molecular flexibility index (Phi) is 4.03. The van der Waals surface area contributed by atoms with Crippen molar-refractivity contribution in [3.63, 3.8) is 0 Å². The van der Waals surface area contributed by atoms with Gasteiger partial charge in [-0.3, -0.25) is 9.59 Å². The number of benzene rings is 1. The molecule has 1 heterocycles. The molecule has 0 aliphatic carbocycles. The van der Waals surface area contributed by atoms with E-state index < -0.39 is 5.91 Å². The number of nitrogens with zero attached hydrogens (tertiary/aromatic N) is 2. The molecule has 1 aromatic heterocycles. The fourth-order valence-corrected chi connectivity index (χ4v) is 1.71. The summed E-state index contributed by atoms with van der Waals surface area (Å²) in [5.41, 5.74) is 6.42. The number of aromatic nitrogens is 1. The number of aryl methyl sites for hydroxylation is 1.